The number of hydroxylamine groups is 1. The summed E-state index contributed by atoms with van der Waals surface area (Å²) >= 11 is 0. The van der Waals surface area contributed by atoms with Crippen molar-refractivity contribution < 1.29 is 19.2 Å². The van der Waals surface area contributed by atoms with E-state index in [-0.39, 0.29) is 23.9 Å². The van der Waals surface area contributed by atoms with Gasteiger partial charge in [-0.2, -0.15) is 0 Å². The van der Waals surface area contributed by atoms with E-state index in [4.69, 9.17) is 4.84 Å². The molecule has 1 aliphatic carbocycles. The summed E-state index contributed by atoms with van der Waals surface area (Å²) < 4.78 is 0. The first-order chi connectivity index (χ1) is 11.5. The van der Waals surface area contributed by atoms with Crippen molar-refractivity contribution in [2.75, 3.05) is 7.11 Å². The van der Waals surface area contributed by atoms with Crippen LogP contribution < -0.4 is 5.48 Å². The van der Waals surface area contributed by atoms with Gasteiger partial charge in [-0.05, 0) is 19.8 Å². The number of nitrogens with one attached hydrogen (secondary N) is 1. The second-order valence-electron chi connectivity index (χ2n) is 6.02. The molecule has 1 aromatic rings. The normalized spacial score (nSPS) is 15.3. The molecule has 0 radical (unpaired) electrons. The summed E-state index contributed by atoms with van der Waals surface area (Å²) in [6.45, 7) is 3.71. The van der Waals surface area contributed by atoms with Gasteiger partial charge in [0, 0.05) is 28.2 Å². The van der Waals surface area contributed by atoms with E-state index in [1.54, 1.807) is 31.2 Å². The Labute approximate surface area is 142 Å². The zero-order valence-corrected chi connectivity index (χ0v) is 14.3. The lowest BCUT2D eigenvalue weighted by Crippen LogP contribution is -2.32. The fraction of sp³-hybridized carbons (Fsp3) is 0.421. The van der Waals surface area contributed by atoms with Gasteiger partial charge in [0.15, 0.2) is 11.6 Å². The second-order valence-corrected chi connectivity index (χ2v) is 6.02. The van der Waals surface area contributed by atoms with Gasteiger partial charge in [0.25, 0.3) is 0 Å². The van der Waals surface area contributed by atoms with E-state index in [0.29, 0.717) is 28.7 Å². The maximum Gasteiger partial charge on any atom is 0.246 e. The number of hydrogen-bond acceptors (Lipinski definition) is 4. The number of carbonyl (C=O) groups is 3. The molecule has 5 heteroatoms. The highest BCUT2D eigenvalue weighted by molar-refractivity contribution is 6.26. The molecule has 24 heavy (non-hydrogen) atoms. The van der Waals surface area contributed by atoms with Crippen LogP contribution >= 0.6 is 0 Å². The molecule has 1 amide bonds. The largest absolute Gasteiger partial charge is 0.289 e. The first kappa shape index (κ1) is 18.1. The van der Waals surface area contributed by atoms with Crippen LogP contribution in [0.25, 0.3) is 0 Å². The molecule has 0 heterocycles. The van der Waals surface area contributed by atoms with Crippen LogP contribution in [0.5, 0.6) is 0 Å². The standard InChI is InChI=1S/C19H23NO4/c1-4-5-8-13(19(23)20-24-3)11-16-12(2)17(21)14-9-6-7-10-15(14)18(16)22/h6-7,9-10,13H,4-5,8,11H2,1-3H3,(H,20,23). The van der Waals surface area contributed by atoms with Gasteiger partial charge in [0.1, 0.15) is 0 Å². The molecule has 128 valence electrons. The molecule has 5 nitrogen and oxygen atoms in total. The molecular weight excluding hydrogens is 306 g/mol. The number of ketones is 2. The van der Waals surface area contributed by atoms with Gasteiger partial charge in [-0.1, -0.05) is 44.0 Å². The van der Waals surface area contributed by atoms with Gasteiger partial charge in [-0.15, -0.1) is 0 Å². The molecule has 0 aliphatic heterocycles. The summed E-state index contributed by atoms with van der Waals surface area (Å²) in [4.78, 5) is 42.2. The Hall–Kier alpha value is -2.27. The number of benzene rings is 1. The van der Waals surface area contributed by atoms with Crippen LogP contribution in [-0.2, 0) is 9.63 Å². The average molecular weight is 329 g/mol. The zero-order chi connectivity index (χ0) is 17.7. The molecule has 1 N–H and O–H groups in total. The molecule has 0 aromatic heterocycles. The van der Waals surface area contributed by atoms with Crippen LogP contribution in [0.3, 0.4) is 0 Å². The van der Waals surface area contributed by atoms with Crippen LogP contribution in [0.15, 0.2) is 35.4 Å². The van der Waals surface area contributed by atoms with E-state index in [0.717, 1.165) is 12.8 Å². The van der Waals surface area contributed by atoms with Gasteiger partial charge < -0.3 is 0 Å². The van der Waals surface area contributed by atoms with E-state index < -0.39 is 5.92 Å². The molecule has 0 bridgehead atoms. The summed E-state index contributed by atoms with van der Waals surface area (Å²) in [5, 5.41) is 0. The van der Waals surface area contributed by atoms with Crippen LogP contribution in [0.1, 0.15) is 60.2 Å². The third kappa shape index (κ3) is 3.62. The molecule has 0 saturated heterocycles. The molecular formula is C19H23NO4. The number of unbranched alkanes of at least 4 members (excludes halogenated alkanes) is 1. The topological polar surface area (TPSA) is 72.5 Å². The monoisotopic (exact) mass is 329 g/mol. The molecule has 0 saturated carbocycles. The second kappa shape index (κ2) is 8.02. The summed E-state index contributed by atoms with van der Waals surface area (Å²) in [5.41, 5.74) is 4.08. The van der Waals surface area contributed by atoms with E-state index in [1.807, 2.05) is 6.92 Å². The number of carbonyl (C=O) groups excluding carboxylic acids is 3. The predicted molar refractivity (Wildman–Crippen MR) is 90.6 cm³/mol. The Morgan fingerprint density at radius 2 is 1.79 bits per heavy atom. The Balaban J connectivity index is 2.31. The lowest BCUT2D eigenvalue weighted by atomic mass is 9.80. The number of hydrogen-bond donors (Lipinski definition) is 1. The van der Waals surface area contributed by atoms with Crippen molar-refractivity contribution in [1.29, 1.82) is 0 Å². The van der Waals surface area contributed by atoms with E-state index >= 15 is 0 Å². The summed E-state index contributed by atoms with van der Waals surface area (Å²) in [7, 11) is 1.38. The van der Waals surface area contributed by atoms with Gasteiger partial charge in [0.2, 0.25) is 5.91 Å². The number of allylic oxidation sites excluding steroid dienone is 2. The third-order valence-corrected chi connectivity index (χ3v) is 4.41. The quantitative estimate of drug-likeness (QED) is 0.779. The van der Waals surface area contributed by atoms with Crippen molar-refractivity contribution in [1.82, 2.24) is 5.48 Å². The Kier molecular flexibility index (Phi) is 6.04. The first-order valence-corrected chi connectivity index (χ1v) is 8.22. The smallest absolute Gasteiger partial charge is 0.246 e. The van der Waals surface area contributed by atoms with Crippen molar-refractivity contribution >= 4 is 17.5 Å². The van der Waals surface area contributed by atoms with E-state index in [2.05, 4.69) is 5.48 Å². The average Bonchev–Trinajstić information content (AvgIpc) is 2.59. The minimum Gasteiger partial charge on any atom is -0.289 e. The van der Waals surface area contributed by atoms with Crippen LogP contribution in [0.2, 0.25) is 0 Å². The minimum absolute atomic E-state index is 0.137. The highest BCUT2D eigenvalue weighted by Gasteiger charge is 2.32. The molecule has 1 aromatic carbocycles. The molecule has 2 rings (SSSR count). The highest BCUT2D eigenvalue weighted by Crippen LogP contribution is 2.31. The zero-order valence-electron chi connectivity index (χ0n) is 14.3. The number of Topliss-reactive ketones (excluding diaryl/α,β-unsaturated/α-hetero) is 2. The van der Waals surface area contributed by atoms with Crippen molar-refractivity contribution in [3.05, 3.63) is 46.5 Å². The molecule has 1 unspecified atom stereocenters. The lowest BCUT2D eigenvalue weighted by molar-refractivity contribution is -0.135. The van der Waals surface area contributed by atoms with Gasteiger partial charge in [-0.25, -0.2) is 5.48 Å². The van der Waals surface area contributed by atoms with Gasteiger partial charge >= 0.3 is 0 Å². The molecule has 1 atom stereocenters. The van der Waals surface area contributed by atoms with Crippen LogP contribution in [0.4, 0.5) is 0 Å². The number of amides is 1. The Morgan fingerprint density at radius 3 is 2.38 bits per heavy atom. The predicted octanol–water partition coefficient (Wildman–Crippen LogP) is 3.26. The summed E-state index contributed by atoms with van der Waals surface area (Å²) in [6, 6.07) is 6.83. The summed E-state index contributed by atoms with van der Waals surface area (Å²) in [6.07, 6.45) is 2.71. The Morgan fingerprint density at radius 1 is 1.17 bits per heavy atom. The maximum absolute atomic E-state index is 12.8. The van der Waals surface area contributed by atoms with Gasteiger partial charge in [0.05, 0.1) is 7.11 Å². The fourth-order valence-electron chi connectivity index (χ4n) is 3.00. The van der Waals surface area contributed by atoms with Crippen molar-refractivity contribution in [2.24, 2.45) is 5.92 Å². The van der Waals surface area contributed by atoms with Crippen LogP contribution in [0, 0.1) is 5.92 Å². The minimum atomic E-state index is -0.392. The number of rotatable bonds is 7. The van der Waals surface area contributed by atoms with E-state index in [1.165, 1.54) is 7.11 Å². The van der Waals surface area contributed by atoms with Crippen molar-refractivity contribution in [3.63, 3.8) is 0 Å². The maximum atomic E-state index is 12.8. The van der Waals surface area contributed by atoms with Crippen molar-refractivity contribution in [2.45, 2.75) is 39.5 Å². The fourth-order valence-corrected chi connectivity index (χ4v) is 3.00. The summed E-state index contributed by atoms with van der Waals surface area (Å²) in [5.74, 6) is -0.946. The van der Waals surface area contributed by atoms with E-state index in [9.17, 15) is 14.4 Å². The van der Waals surface area contributed by atoms with Gasteiger partial charge in [-0.3, -0.25) is 19.2 Å². The number of fused-ring (bicyclic) bond motifs is 1. The Bertz CT molecular complexity index is 690. The third-order valence-electron chi connectivity index (χ3n) is 4.41. The lowest BCUT2D eigenvalue weighted by Gasteiger charge is -2.22. The highest BCUT2D eigenvalue weighted by atomic mass is 16.6. The molecule has 0 fully saturated rings. The first-order valence-electron chi connectivity index (χ1n) is 8.22. The van der Waals surface area contributed by atoms with Crippen LogP contribution in [-0.4, -0.2) is 24.6 Å². The van der Waals surface area contributed by atoms with Crippen molar-refractivity contribution in [3.8, 4) is 0 Å². The SMILES string of the molecule is CCCCC(CC1=C(C)C(=O)c2ccccc2C1=O)C(=O)NOC. The molecule has 1 aliphatic rings. The molecule has 0 spiro atoms.